The van der Waals surface area contributed by atoms with Crippen molar-refractivity contribution < 1.29 is 31.5 Å². The smallest absolute Gasteiger partial charge is 0.297 e. The van der Waals surface area contributed by atoms with Crippen molar-refractivity contribution in [2.24, 2.45) is 0 Å². The molecule has 0 spiro atoms. The van der Waals surface area contributed by atoms with Crippen molar-refractivity contribution in [3.05, 3.63) is 29.8 Å². The molecule has 1 aromatic carbocycles. The summed E-state index contributed by atoms with van der Waals surface area (Å²) < 4.78 is 52.9. The molecule has 134 valence electrons. The fourth-order valence-electron chi connectivity index (χ4n) is 2.81. The van der Waals surface area contributed by atoms with E-state index < -0.39 is 40.5 Å². The molecule has 0 amide bonds. The van der Waals surface area contributed by atoms with Crippen molar-refractivity contribution in [2.75, 3.05) is 13.7 Å². The summed E-state index contributed by atoms with van der Waals surface area (Å²) in [5.41, 5.74) is 0.961. The maximum absolute atomic E-state index is 12.6. The van der Waals surface area contributed by atoms with Gasteiger partial charge in [-0.1, -0.05) is 17.7 Å². The normalized spacial score (nSPS) is 32.5. The minimum Gasteiger partial charge on any atom is -0.353 e. The summed E-state index contributed by atoms with van der Waals surface area (Å²) in [5.74, 6) is -0.845. The van der Waals surface area contributed by atoms with Gasteiger partial charge in [-0.25, -0.2) is 0 Å². The van der Waals surface area contributed by atoms with E-state index in [-0.39, 0.29) is 11.5 Å². The van der Waals surface area contributed by atoms with Crippen LogP contribution in [-0.4, -0.2) is 52.5 Å². The van der Waals surface area contributed by atoms with E-state index >= 15 is 0 Å². The molecule has 0 aliphatic carbocycles. The maximum Gasteiger partial charge on any atom is 0.297 e. The van der Waals surface area contributed by atoms with Gasteiger partial charge < -0.3 is 18.9 Å². The Labute approximate surface area is 141 Å². The van der Waals surface area contributed by atoms with Gasteiger partial charge in [0.05, 0.1) is 11.5 Å². The van der Waals surface area contributed by atoms with Gasteiger partial charge in [0.15, 0.2) is 18.2 Å². The number of benzene rings is 1. The molecule has 2 aliphatic rings. The van der Waals surface area contributed by atoms with Crippen LogP contribution in [0.5, 0.6) is 0 Å². The second-order valence-corrected chi connectivity index (χ2v) is 7.97. The molecule has 2 aliphatic heterocycles. The van der Waals surface area contributed by atoms with Gasteiger partial charge in [-0.15, -0.1) is 0 Å². The van der Waals surface area contributed by atoms with Crippen LogP contribution in [0.1, 0.15) is 19.4 Å². The molecule has 0 radical (unpaired) electrons. The van der Waals surface area contributed by atoms with Crippen molar-refractivity contribution >= 4 is 10.1 Å². The molecule has 0 saturated carbocycles. The quantitative estimate of drug-likeness (QED) is 0.756. The Morgan fingerprint density at radius 3 is 2.50 bits per heavy atom. The van der Waals surface area contributed by atoms with Gasteiger partial charge in [0.1, 0.15) is 12.2 Å². The maximum atomic E-state index is 12.6. The van der Waals surface area contributed by atoms with E-state index in [0.29, 0.717) is 0 Å². The Hall–Kier alpha value is -1.03. The van der Waals surface area contributed by atoms with E-state index in [2.05, 4.69) is 0 Å². The highest BCUT2D eigenvalue weighted by molar-refractivity contribution is 7.86. The van der Waals surface area contributed by atoms with Crippen LogP contribution in [0.2, 0.25) is 0 Å². The lowest BCUT2D eigenvalue weighted by molar-refractivity contribution is -0.299. The molecule has 7 nitrogen and oxygen atoms in total. The zero-order chi connectivity index (χ0) is 17.5. The fraction of sp³-hybridized carbons (Fsp3) is 0.625. The van der Waals surface area contributed by atoms with Crippen molar-refractivity contribution in [2.45, 2.75) is 56.1 Å². The summed E-state index contributed by atoms with van der Waals surface area (Å²) in [6.45, 7) is 5.68. The number of aryl methyl sites for hydroxylation is 1. The van der Waals surface area contributed by atoms with Gasteiger partial charge in [0.25, 0.3) is 10.1 Å². The van der Waals surface area contributed by atoms with Gasteiger partial charge >= 0.3 is 0 Å². The zero-order valence-corrected chi connectivity index (χ0v) is 14.9. The largest absolute Gasteiger partial charge is 0.353 e. The van der Waals surface area contributed by atoms with Crippen LogP contribution in [-0.2, 0) is 33.2 Å². The Kier molecular flexibility index (Phi) is 4.71. The topological polar surface area (TPSA) is 80.3 Å². The molecule has 0 bridgehead atoms. The van der Waals surface area contributed by atoms with Gasteiger partial charge in [-0.05, 0) is 32.9 Å². The van der Waals surface area contributed by atoms with Gasteiger partial charge in [0, 0.05) is 7.11 Å². The SMILES string of the molecule is CO[C@H]1O[C@@H]2COC(C)(C)O[C@@H]2[C@@H]1OS(=O)(=O)c1ccc(C)cc1. The molecule has 4 atom stereocenters. The first-order valence-corrected chi connectivity index (χ1v) is 9.13. The minimum absolute atomic E-state index is 0.0812. The van der Waals surface area contributed by atoms with Crippen molar-refractivity contribution in [1.29, 1.82) is 0 Å². The van der Waals surface area contributed by atoms with E-state index in [1.54, 1.807) is 26.0 Å². The first-order chi connectivity index (χ1) is 11.2. The monoisotopic (exact) mass is 358 g/mol. The standard InChI is InChI=1S/C16H22O7S/c1-10-5-7-11(8-6-10)24(17,18)23-14-13-12(21-15(14)19-4)9-20-16(2,3)22-13/h5-8,12-15H,9H2,1-4H3/t12-,13+,14+,15+/m1/s1. The predicted molar refractivity (Wildman–Crippen MR) is 83.8 cm³/mol. The summed E-state index contributed by atoms with van der Waals surface area (Å²) in [5, 5.41) is 0. The first-order valence-electron chi connectivity index (χ1n) is 7.72. The molecule has 0 N–H and O–H groups in total. The second-order valence-electron chi connectivity index (χ2n) is 6.40. The number of hydrogen-bond donors (Lipinski definition) is 0. The summed E-state index contributed by atoms with van der Waals surface area (Å²) in [4.78, 5) is 0.0812. The highest BCUT2D eigenvalue weighted by Crippen LogP contribution is 2.36. The van der Waals surface area contributed by atoms with Gasteiger partial charge in [-0.3, -0.25) is 4.18 Å². The summed E-state index contributed by atoms with van der Waals surface area (Å²) in [7, 11) is -2.54. The Bertz CT molecular complexity index is 683. The minimum atomic E-state index is -3.97. The fourth-order valence-corrected chi connectivity index (χ4v) is 3.89. The van der Waals surface area contributed by atoms with Crippen LogP contribution in [0.3, 0.4) is 0 Å². The third-order valence-electron chi connectivity index (χ3n) is 4.06. The van der Waals surface area contributed by atoms with E-state index in [1.165, 1.54) is 19.2 Å². The highest BCUT2D eigenvalue weighted by atomic mass is 32.2. The van der Waals surface area contributed by atoms with Crippen LogP contribution >= 0.6 is 0 Å². The summed E-state index contributed by atoms with van der Waals surface area (Å²) >= 11 is 0. The van der Waals surface area contributed by atoms with Crippen LogP contribution in [0.25, 0.3) is 0 Å². The van der Waals surface area contributed by atoms with Crippen molar-refractivity contribution in [3.63, 3.8) is 0 Å². The van der Waals surface area contributed by atoms with Crippen LogP contribution < -0.4 is 0 Å². The highest BCUT2D eigenvalue weighted by Gasteiger charge is 2.53. The van der Waals surface area contributed by atoms with Gasteiger partial charge in [0.2, 0.25) is 0 Å². The molecule has 1 aromatic rings. The first kappa shape index (κ1) is 17.8. The summed E-state index contributed by atoms with van der Waals surface area (Å²) in [6, 6.07) is 6.45. The average Bonchev–Trinajstić information content (AvgIpc) is 2.83. The second kappa shape index (κ2) is 6.36. The van der Waals surface area contributed by atoms with Crippen molar-refractivity contribution in [1.82, 2.24) is 0 Å². The van der Waals surface area contributed by atoms with E-state index in [0.717, 1.165) is 5.56 Å². The van der Waals surface area contributed by atoms with Crippen molar-refractivity contribution in [3.8, 4) is 0 Å². The lowest BCUT2D eigenvalue weighted by atomic mass is 10.1. The van der Waals surface area contributed by atoms with Gasteiger partial charge in [-0.2, -0.15) is 8.42 Å². The van der Waals surface area contributed by atoms with E-state index in [4.69, 9.17) is 23.1 Å². The lowest BCUT2D eigenvalue weighted by Crippen LogP contribution is -2.51. The molecule has 3 rings (SSSR count). The van der Waals surface area contributed by atoms with Crippen LogP contribution in [0.15, 0.2) is 29.2 Å². The number of methoxy groups -OCH3 is 1. The third-order valence-corrected chi connectivity index (χ3v) is 5.39. The molecule has 0 unspecified atom stereocenters. The Balaban J connectivity index is 1.84. The number of ether oxygens (including phenoxy) is 4. The number of hydrogen-bond acceptors (Lipinski definition) is 7. The number of fused-ring (bicyclic) bond motifs is 1. The molecule has 2 heterocycles. The molecular weight excluding hydrogens is 336 g/mol. The molecule has 2 fully saturated rings. The lowest BCUT2D eigenvalue weighted by Gasteiger charge is -2.38. The Morgan fingerprint density at radius 1 is 1.21 bits per heavy atom. The van der Waals surface area contributed by atoms with E-state index in [9.17, 15) is 8.42 Å². The zero-order valence-electron chi connectivity index (χ0n) is 14.1. The van der Waals surface area contributed by atoms with Crippen LogP contribution in [0, 0.1) is 6.92 Å². The molecule has 0 aromatic heterocycles. The predicted octanol–water partition coefficient (Wildman–Crippen LogP) is 1.59. The average molecular weight is 358 g/mol. The molecule has 2 saturated heterocycles. The third kappa shape index (κ3) is 3.49. The van der Waals surface area contributed by atoms with E-state index in [1.807, 2.05) is 6.92 Å². The Morgan fingerprint density at radius 2 is 1.88 bits per heavy atom. The van der Waals surface area contributed by atoms with Crippen LogP contribution in [0.4, 0.5) is 0 Å². The molecule has 8 heteroatoms. The molecule has 24 heavy (non-hydrogen) atoms. The molecular formula is C16H22O7S. The summed E-state index contributed by atoms with van der Waals surface area (Å²) in [6.07, 6.45) is -2.80. The number of rotatable bonds is 4.